The molecule has 0 aromatic heterocycles. The molecule has 0 aliphatic carbocycles. The van der Waals surface area contributed by atoms with E-state index in [9.17, 15) is 9.59 Å². The van der Waals surface area contributed by atoms with Crippen LogP contribution in [0.25, 0.3) is 0 Å². The summed E-state index contributed by atoms with van der Waals surface area (Å²) in [6.45, 7) is 1.70. The summed E-state index contributed by atoms with van der Waals surface area (Å²) in [5, 5.41) is 2.80. The molecule has 0 fully saturated rings. The van der Waals surface area contributed by atoms with Crippen molar-refractivity contribution in [1.29, 1.82) is 0 Å². The van der Waals surface area contributed by atoms with Gasteiger partial charge >= 0.3 is 5.97 Å². The molecule has 27 heavy (non-hydrogen) atoms. The van der Waals surface area contributed by atoms with E-state index in [4.69, 9.17) is 14.2 Å². The minimum Gasteiger partial charge on any atom is -0.454 e. The molecule has 142 valence electrons. The normalized spacial score (nSPS) is 13.0. The van der Waals surface area contributed by atoms with Gasteiger partial charge in [-0.25, -0.2) is 4.79 Å². The minimum atomic E-state index is -0.536. The third-order valence-electron chi connectivity index (χ3n) is 4.23. The Bertz CT molecular complexity index is 833. The van der Waals surface area contributed by atoms with Gasteiger partial charge < -0.3 is 24.4 Å². The summed E-state index contributed by atoms with van der Waals surface area (Å²) < 4.78 is 15.7. The highest BCUT2D eigenvalue weighted by atomic mass is 16.7. The van der Waals surface area contributed by atoms with E-state index in [1.165, 1.54) is 0 Å². The van der Waals surface area contributed by atoms with Crippen LogP contribution < -0.4 is 19.7 Å². The molecule has 3 rings (SSSR count). The second kappa shape index (κ2) is 7.99. The summed E-state index contributed by atoms with van der Waals surface area (Å²) in [7, 11) is 3.83. The summed E-state index contributed by atoms with van der Waals surface area (Å²) in [6.07, 6.45) is 0. The van der Waals surface area contributed by atoms with E-state index in [2.05, 4.69) is 5.32 Å². The van der Waals surface area contributed by atoms with Crippen LogP contribution in [0.5, 0.6) is 11.5 Å². The molecule has 7 heteroatoms. The van der Waals surface area contributed by atoms with E-state index in [0.29, 0.717) is 17.1 Å². The van der Waals surface area contributed by atoms with E-state index in [1.807, 2.05) is 50.2 Å². The Balaban J connectivity index is 1.50. The molecule has 0 radical (unpaired) electrons. The Morgan fingerprint density at radius 1 is 1.11 bits per heavy atom. The third kappa shape index (κ3) is 4.49. The Morgan fingerprint density at radius 2 is 1.81 bits per heavy atom. The first-order chi connectivity index (χ1) is 12.9. The zero-order valence-electron chi connectivity index (χ0n) is 15.5. The Kier molecular flexibility index (Phi) is 5.49. The van der Waals surface area contributed by atoms with Gasteiger partial charge in [0, 0.05) is 19.8 Å². The van der Waals surface area contributed by atoms with Crippen LogP contribution >= 0.6 is 0 Å². The van der Waals surface area contributed by atoms with E-state index >= 15 is 0 Å². The smallest absolute Gasteiger partial charge is 0.338 e. The maximum atomic E-state index is 12.1. The first-order valence-corrected chi connectivity index (χ1v) is 8.57. The number of rotatable bonds is 6. The van der Waals surface area contributed by atoms with Crippen molar-refractivity contribution < 1.29 is 23.8 Å². The molecular weight excluding hydrogens is 348 g/mol. The van der Waals surface area contributed by atoms with Gasteiger partial charge in [-0.15, -0.1) is 0 Å². The number of fused-ring (bicyclic) bond motifs is 1. The van der Waals surface area contributed by atoms with Gasteiger partial charge in [-0.3, -0.25) is 4.79 Å². The fourth-order valence-corrected chi connectivity index (χ4v) is 2.66. The molecule has 1 aliphatic heterocycles. The zero-order chi connectivity index (χ0) is 19.4. The SMILES string of the molecule is C[C@@H](NC(=O)COC(=O)c1ccc(N(C)C)cc1)c1ccc2c(c1)OCO2. The first kappa shape index (κ1) is 18.6. The average Bonchev–Trinajstić information content (AvgIpc) is 3.13. The molecule has 1 aliphatic rings. The Morgan fingerprint density at radius 3 is 2.52 bits per heavy atom. The number of nitrogens with one attached hydrogen (secondary N) is 1. The summed E-state index contributed by atoms with van der Waals surface area (Å²) in [5.41, 5.74) is 2.25. The van der Waals surface area contributed by atoms with Crippen LogP contribution in [0.2, 0.25) is 0 Å². The Labute approximate surface area is 157 Å². The molecule has 1 heterocycles. The minimum absolute atomic E-state index is 0.199. The van der Waals surface area contributed by atoms with E-state index in [0.717, 1.165) is 11.3 Å². The van der Waals surface area contributed by atoms with Crippen molar-refractivity contribution in [2.45, 2.75) is 13.0 Å². The monoisotopic (exact) mass is 370 g/mol. The van der Waals surface area contributed by atoms with Crippen molar-refractivity contribution in [2.75, 3.05) is 32.4 Å². The fourth-order valence-electron chi connectivity index (χ4n) is 2.66. The molecule has 1 amide bonds. The number of ether oxygens (including phenoxy) is 3. The van der Waals surface area contributed by atoms with Gasteiger partial charge in [-0.1, -0.05) is 6.07 Å². The number of amides is 1. The molecule has 0 saturated carbocycles. The second-order valence-corrected chi connectivity index (χ2v) is 6.42. The maximum Gasteiger partial charge on any atom is 0.338 e. The van der Waals surface area contributed by atoms with E-state index < -0.39 is 5.97 Å². The highest BCUT2D eigenvalue weighted by Crippen LogP contribution is 2.34. The maximum absolute atomic E-state index is 12.1. The van der Waals surface area contributed by atoms with Gasteiger partial charge in [0.05, 0.1) is 11.6 Å². The van der Waals surface area contributed by atoms with Crippen LogP contribution in [0, 0.1) is 0 Å². The topological polar surface area (TPSA) is 77.1 Å². The number of benzene rings is 2. The lowest BCUT2D eigenvalue weighted by atomic mass is 10.1. The van der Waals surface area contributed by atoms with Gasteiger partial charge in [0.25, 0.3) is 5.91 Å². The van der Waals surface area contributed by atoms with Crippen molar-refractivity contribution in [1.82, 2.24) is 5.32 Å². The van der Waals surface area contributed by atoms with Gasteiger partial charge in [0.2, 0.25) is 6.79 Å². The fraction of sp³-hybridized carbons (Fsp3) is 0.300. The number of carbonyl (C=O) groups excluding carboxylic acids is 2. The summed E-state index contributed by atoms with van der Waals surface area (Å²) in [4.78, 5) is 26.1. The molecule has 0 bridgehead atoms. The lowest BCUT2D eigenvalue weighted by Gasteiger charge is -2.15. The van der Waals surface area contributed by atoms with Gasteiger partial charge in [0.15, 0.2) is 18.1 Å². The predicted molar refractivity (Wildman–Crippen MR) is 100 cm³/mol. The predicted octanol–water partition coefficient (Wildman–Crippen LogP) is 2.52. The largest absolute Gasteiger partial charge is 0.454 e. The first-order valence-electron chi connectivity index (χ1n) is 8.57. The van der Waals surface area contributed by atoms with Crippen LogP contribution in [0.1, 0.15) is 28.9 Å². The standard InChI is InChI=1S/C20H22N2O5/c1-13(15-6-9-17-18(10-15)27-12-26-17)21-19(23)11-25-20(24)14-4-7-16(8-5-14)22(2)3/h4-10,13H,11-12H2,1-3H3,(H,21,23)/t13-/m1/s1. The molecule has 0 saturated heterocycles. The van der Waals surface area contributed by atoms with Crippen LogP contribution in [0.15, 0.2) is 42.5 Å². The van der Waals surface area contributed by atoms with Gasteiger partial charge in [-0.05, 0) is 48.9 Å². The number of hydrogen-bond donors (Lipinski definition) is 1. The van der Waals surface area contributed by atoms with E-state index in [1.54, 1.807) is 18.2 Å². The molecule has 0 unspecified atom stereocenters. The van der Waals surface area contributed by atoms with Gasteiger partial charge in [0.1, 0.15) is 0 Å². The van der Waals surface area contributed by atoms with Gasteiger partial charge in [-0.2, -0.15) is 0 Å². The highest BCUT2D eigenvalue weighted by molar-refractivity contribution is 5.91. The van der Waals surface area contributed by atoms with Crippen molar-refractivity contribution >= 4 is 17.6 Å². The molecule has 0 spiro atoms. The van der Waals surface area contributed by atoms with E-state index in [-0.39, 0.29) is 25.3 Å². The molecular formula is C20H22N2O5. The van der Waals surface area contributed by atoms with Crippen LogP contribution in [0.4, 0.5) is 5.69 Å². The summed E-state index contributed by atoms with van der Waals surface area (Å²) in [6, 6.07) is 12.2. The van der Waals surface area contributed by atoms with Crippen molar-refractivity contribution in [3.63, 3.8) is 0 Å². The second-order valence-electron chi connectivity index (χ2n) is 6.42. The van der Waals surface area contributed by atoms with Crippen LogP contribution in [-0.4, -0.2) is 39.4 Å². The number of hydrogen-bond acceptors (Lipinski definition) is 6. The quantitative estimate of drug-likeness (QED) is 0.788. The number of anilines is 1. The molecule has 7 nitrogen and oxygen atoms in total. The molecule has 2 aromatic carbocycles. The highest BCUT2D eigenvalue weighted by Gasteiger charge is 2.17. The van der Waals surface area contributed by atoms with Crippen molar-refractivity contribution in [2.24, 2.45) is 0 Å². The molecule has 1 N–H and O–H groups in total. The molecule has 2 aromatic rings. The third-order valence-corrected chi connectivity index (χ3v) is 4.23. The van der Waals surface area contributed by atoms with Crippen LogP contribution in [0.3, 0.4) is 0 Å². The van der Waals surface area contributed by atoms with Crippen LogP contribution in [-0.2, 0) is 9.53 Å². The number of esters is 1. The summed E-state index contributed by atoms with van der Waals surface area (Å²) in [5.74, 6) is 0.428. The molecule has 1 atom stereocenters. The number of carbonyl (C=O) groups is 2. The summed E-state index contributed by atoms with van der Waals surface area (Å²) >= 11 is 0. The van der Waals surface area contributed by atoms with Crippen molar-refractivity contribution in [3.05, 3.63) is 53.6 Å². The lowest BCUT2D eigenvalue weighted by Crippen LogP contribution is -2.31. The number of nitrogens with zero attached hydrogens (tertiary/aromatic N) is 1. The lowest BCUT2D eigenvalue weighted by molar-refractivity contribution is -0.124. The average molecular weight is 370 g/mol. The van der Waals surface area contributed by atoms with Crippen molar-refractivity contribution in [3.8, 4) is 11.5 Å². The zero-order valence-corrected chi connectivity index (χ0v) is 15.5. The Hall–Kier alpha value is -3.22.